The van der Waals surface area contributed by atoms with Crippen LogP contribution in [0.5, 0.6) is 0 Å². The third kappa shape index (κ3) is 3.06. The Hall–Kier alpha value is -2.54. The van der Waals surface area contributed by atoms with Crippen molar-refractivity contribution in [3.63, 3.8) is 0 Å². The molecule has 3 aliphatic rings. The van der Waals surface area contributed by atoms with E-state index in [4.69, 9.17) is 0 Å². The van der Waals surface area contributed by atoms with Crippen molar-refractivity contribution >= 4 is 11.9 Å². The van der Waals surface area contributed by atoms with E-state index in [-0.39, 0.29) is 11.4 Å². The Bertz CT molecular complexity index is 835. The van der Waals surface area contributed by atoms with Gasteiger partial charge >= 0.3 is 0 Å². The molecule has 27 heavy (non-hydrogen) atoms. The van der Waals surface area contributed by atoms with E-state index in [9.17, 15) is 4.79 Å². The van der Waals surface area contributed by atoms with E-state index in [2.05, 4.69) is 42.2 Å². The van der Waals surface area contributed by atoms with E-state index in [1.807, 2.05) is 24.7 Å². The van der Waals surface area contributed by atoms with Gasteiger partial charge in [-0.3, -0.25) is 14.7 Å². The molecule has 7 heteroatoms. The monoisotopic (exact) mass is 364 g/mol. The summed E-state index contributed by atoms with van der Waals surface area (Å²) in [6, 6.07) is 7.15. The maximum absolute atomic E-state index is 11.4. The molecule has 0 aromatic carbocycles. The Kier molecular flexibility index (Phi) is 3.86. The van der Waals surface area contributed by atoms with Gasteiger partial charge in [-0.25, -0.2) is 9.97 Å². The van der Waals surface area contributed by atoms with Crippen molar-refractivity contribution in [3.05, 3.63) is 48.0 Å². The Balaban J connectivity index is 1.22. The molecule has 2 aromatic heterocycles. The number of aromatic nitrogens is 3. The topological polar surface area (TPSA) is 74.2 Å². The largest absolute Gasteiger partial charge is 0.345 e. The van der Waals surface area contributed by atoms with Gasteiger partial charge in [0, 0.05) is 57.2 Å². The van der Waals surface area contributed by atoms with E-state index in [0.717, 1.165) is 44.1 Å². The summed E-state index contributed by atoms with van der Waals surface area (Å²) in [4.78, 5) is 29.8. The molecule has 5 rings (SSSR count). The number of rotatable bonds is 5. The molecule has 2 bridgehead atoms. The summed E-state index contributed by atoms with van der Waals surface area (Å²) in [5.41, 5.74) is 2.00. The SMILES string of the molecule is CC(=O)NC1(c2ccc(CN3C[C@H]4C[C@@H]3CN4c3ncccn3)cn2)CC1. The molecule has 7 nitrogen and oxygen atoms in total. The second-order valence-corrected chi connectivity index (χ2v) is 7.99. The van der Waals surface area contributed by atoms with Crippen molar-refractivity contribution in [1.82, 2.24) is 25.2 Å². The predicted octanol–water partition coefficient (Wildman–Crippen LogP) is 1.46. The quantitative estimate of drug-likeness (QED) is 0.866. The lowest BCUT2D eigenvalue weighted by molar-refractivity contribution is -0.120. The highest BCUT2D eigenvalue weighted by molar-refractivity contribution is 5.74. The molecular formula is C20H24N6O. The number of hydrogen-bond donors (Lipinski definition) is 1. The number of amides is 1. The lowest BCUT2D eigenvalue weighted by Crippen LogP contribution is -2.46. The molecule has 1 saturated carbocycles. The molecule has 2 aliphatic heterocycles. The first kappa shape index (κ1) is 16.6. The zero-order valence-electron chi connectivity index (χ0n) is 15.5. The molecule has 2 saturated heterocycles. The van der Waals surface area contributed by atoms with Gasteiger partial charge in [0.15, 0.2) is 0 Å². The molecule has 1 N–H and O–H groups in total. The van der Waals surface area contributed by atoms with Gasteiger partial charge in [-0.2, -0.15) is 0 Å². The number of carbonyl (C=O) groups is 1. The summed E-state index contributed by atoms with van der Waals surface area (Å²) < 4.78 is 0. The molecule has 0 unspecified atom stereocenters. The first-order valence-electron chi connectivity index (χ1n) is 9.65. The molecule has 4 heterocycles. The minimum Gasteiger partial charge on any atom is -0.345 e. The van der Waals surface area contributed by atoms with Crippen LogP contribution in [0, 0.1) is 0 Å². The molecule has 1 amide bonds. The number of piperazine rings is 1. The molecule has 2 aromatic rings. The Morgan fingerprint density at radius 2 is 2.00 bits per heavy atom. The normalized spacial score (nSPS) is 25.6. The van der Waals surface area contributed by atoms with Gasteiger partial charge in [0.2, 0.25) is 11.9 Å². The fourth-order valence-corrected chi connectivity index (χ4v) is 4.57. The second kappa shape index (κ2) is 6.27. The smallest absolute Gasteiger partial charge is 0.225 e. The van der Waals surface area contributed by atoms with Crippen molar-refractivity contribution in [1.29, 1.82) is 0 Å². The number of fused-ring (bicyclic) bond motifs is 2. The van der Waals surface area contributed by atoms with Crippen molar-refractivity contribution in [2.45, 2.75) is 50.4 Å². The Morgan fingerprint density at radius 1 is 1.19 bits per heavy atom. The number of anilines is 1. The third-order valence-corrected chi connectivity index (χ3v) is 6.03. The summed E-state index contributed by atoms with van der Waals surface area (Å²) in [6.07, 6.45) is 8.73. The van der Waals surface area contributed by atoms with Crippen LogP contribution in [0.3, 0.4) is 0 Å². The van der Waals surface area contributed by atoms with Gasteiger partial charge in [0.05, 0.1) is 11.2 Å². The summed E-state index contributed by atoms with van der Waals surface area (Å²) in [5.74, 6) is 0.863. The molecule has 0 radical (unpaired) electrons. The van der Waals surface area contributed by atoms with Gasteiger partial charge in [0.1, 0.15) is 0 Å². The Morgan fingerprint density at radius 3 is 2.59 bits per heavy atom. The summed E-state index contributed by atoms with van der Waals surface area (Å²) in [7, 11) is 0. The predicted molar refractivity (Wildman–Crippen MR) is 101 cm³/mol. The number of nitrogens with one attached hydrogen (secondary N) is 1. The van der Waals surface area contributed by atoms with Gasteiger partial charge in [-0.05, 0) is 37.0 Å². The zero-order valence-corrected chi connectivity index (χ0v) is 15.5. The Labute approximate surface area is 158 Å². The van der Waals surface area contributed by atoms with Crippen LogP contribution in [0.25, 0.3) is 0 Å². The first-order valence-corrected chi connectivity index (χ1v) is 9.65. The summed E-state index contributed by atoms with van der Waals surface area (Å²) in [6.45, 7) is 4.53. The number of likely N-dealkylation sites (tertiary alicyclic amines) is 1. The third-order valence-electron chi connectivity index (χ3n) is 6.03. The summed E-state index contributed by atoms with van der Waals surface area (Å²) in [5, 5.41) is 3.05. The van der Waals surface area contributed by atoms with E-state index in [1.165, 1.54) is 12.0 Å². The van der Waals surface area contributed by atoms with E-state index in [1.54, 1.807) is 6.92 Å². The fourth-order valence-electron chi connectivity index (χ4n) is 4.57. The van der Waals surface area contributed by atoms with Crippen molar-refractivity contribution < 1.29 is 4.79 Å². The van der Waals surface area contributed by atoms with Crippen LogP contribution in [0.1, 0.15) is 37.4 Å². The molecule has 0 spiro atoms. The van der Waals surface area contributed by atoms with Crippen LogP contribution >= 0.6 is 0 Å². The lowest BCUT2D eigenvalue weighted by Gasteiger charge is -2.34. The van der Waals surface area contributed by atoms with Crippen molar-refractivity contribution in [2.24, 2.45) is 0 Å². The van der Waals surface area contributed by atoms with Gasteiger partial charge in [-0.1, -0.05) is 6.07 Å². The van der Waals surface area contributed by atoms with Crippen LogP contribution in [-0.4, -0.2) is 50.9 Å². The van der Waals surface area contributed by atoms with Crippen molar-refractivity contribution in [2.75, 3.05) is 18.0 Å². The fraction of sp³-hybridized carbons (Fsp3) is 0.500. The first-order chi connectivity index (χ1) is 13.1. The summed E-state index contributed by atoms with van der Waals surface area (Å²) >= 11 is 0. The van der Waals surface area contributed by atoms with Crippen LogP contribution in [0.4, 0.5) is 5.95 Å². The standard InChI is InChI=1S/C20H24N6O/c1-14(27)24-20(5-6-20)18-4-3-15(10-23-18)11-25-12-17-9-16(25)13-26(17)19-21-7-2-8-22-19/h2-4,7-8,10,16-17H,5-6,9,11-13H2,1H3,(H,24,27)/t16-,17-/m1/s1. The van der Waals surface area contributed by atoms with E-state index < -0.39 is 0 Å². The highest BCUT2D eigenvalue weighted by Crippen LogP contribution is 2.44. The van der Waals surface area contributed by atoms with Crippen LogP contribution in [0.2, 0.25) is 0 Å². The number of pyridine rings is 1. The number of nitrogens with zero attached hydrogens (tertiary/aromatic N) is 5. The van der Waals surface area contributed by atoms with Gasteiger partial charge in [0.25, 0.3) is 0 Å². The van der Waals surface area contributed by atoms with Crippen LogP contribution in [0.15, 0.2) is 36.8 Å². The second-order valence-electron chi connectivity index (χ2n) is 7.99. The minimum atomic E-state index is -0.215. The maximum Gasteiger partial charge on any atom is 0.225 e. The zero-order chi connectivity index (χ0) is 18.4. The number of hydrogen-bond acceptors (Lipinski definition) is 6. The van der Waals surface area contributed by atoms with E-state index >= 15 is 0 Å². The van der Waals surface area contributed by atoms with E-state index in [0.29, 0.717) is 12.1 Å². The van der Waals surface area contributed by atoms with Crippen LogP contribution < -0.4 is 10.2 Å². The molecular weight excluding hydrogens is 340 g/mol. The molecule has 2 atom stereocenters. The average molecular weight is 364 g/mol. The van der Waals surface area contributed by atoms with Crippen molar-refractivity contribution in [3.8, 4) is 0 Å². The van der Waals surface area contributed by atoms with Crippen LogP contribution in [-0.2, 0) is 16.9 Å². The van der Waals surface area contributed by atoms with Gasteiger partial charge in [-0.15, -0.1) is 0 Å². The maximum atomic E-state index is 11.4. The highest BCUT2D eigenvalue weighted by atomic mass is 16.1. The lowest BCUT2D eigenvalue weighted by atomic mass is 10.1. The molecule has 140 valence electrons. The molecule has 3 fully saturated rings. The minimum absolute atomic E-state index is 0.0124. The molecule has 1 aliphatic carbocycles. The highest BCUT2D eigenvalue weighted by Gasteiger charge is 2.47. The number of carbonyl (C=O) groups excluding carboxylic acids is 1. The average Bonchev–Trinajstić information content (AvgIpc) is 3.17. The van der Waals surface area contributed by atoms with Gasteiger partial charge < -0.3 is 10.2 Å².